The number of unbranched alkanes of at least 4 members (excludes halogenated alkanes) is 19. The van der Waals surface area contributed by atoms with Gasteiger partial charge in [0.1, 0.15) is 0 Å². The van der Waals surface area contributed by atoms with Crippen molar-refractivity contribution in [3.63, 3.8) is 0 Å². The zero-order valence-corrected chi connectivity index (χ0v) is 22.3. The van der Waals surface area contributed by atoms with Gasteiger partial charge in [0.2, 0.25) is 0 Å². The highest BCUT2D eigenvalue weighted by atomic mass is 17.0. The maximum absolute atomic E-state index is 5.76. The molecule has 0 atom stereocenters. The molecule has 0 aliphatic rings. The highest BCUT2D eigenvalue weighted by molar-refractivity contribution is 4.51. The summed E-state index contributed by atoms with van der Waals surface area (Å²) in [4.78, 5) is 11.4. The Kier molecular flexibility index (Phi) is 24.4. The molecule has 188 valence electrons. The summed E-state index contributed by atoms with van der Waals surface area (Å²) in [6.07, 6.45) is 28.5. The Morgan fingerprint density at radius 1 is 0.484 bits per heavy atom. The number of hydroxylamine groups is 2. The molecule has 31 heavy (non-hydrogen) atoms. The third kappa shape index (κ3) is 24.4. The van der Waals surface area contributed by atoms with Gasteiger partial charge in [0.15, 0.2) is 0 Å². The lowest BCUT2D eigenvalue weighted by Crippen LogP contribution is -2.34. The molecule has 0 unspecified atom stereocenters. The summed E-state index contributed by atoms with van der Waals surface area (Å²) in [6, 6.07) is 0.257. The monoisotopic (exact) mass is 441 g/mol. The van der Waals surface area contributed by atoms with Gasteiger partial charge in [0, 0.05) is 0 Å². The molecule has 0 aromatic rings. The first kappa shape index (κ1) is 30.9. The number of nitrogens with zero attached hydrogens (tertiary/aromatic N) is 1. The van der Waals surface area contributed by atoms with E-state index in [1.165, 1.54) is 122 Å². The van der Waals surface area contributed by atoms with Crippen LogP contribution in [0.5, 0.6) is 0 Å². The van der Waals surface area contributed by atoms with Crippen LogP contribution in [0.25, 0.3) is 0 Å². The summed E-state index contributed by atoms with van der Waals surface area (Å²) in [5, 5.41) is 1.67. The van der Waals surface area contributed by atoms with Crippen LogP contribution in [0.15, 0.2) is 0 Å². The van der Waals surface area contributed by atoms with Crippen molar-refractivity contribution in [3.8, 4) is 0 Å². The van der Waals surface area contributed by atoms with E-state index in [1.54, 1.807) is 5.23 Å². The van der Waals surface area contributed by atoms with E-state index >= 15 is 0 Å². The Bertz CT molecular complexity index is 333. The molecule has 0 radical (unpaired) electrons. The molecule has 0 fully saturated rings. The molecule has 0 bridgehead atoms. The molecule has 0 spiro atoms. The molecule has 3 nitrogen and oxygen atoms in total. The second kappa shape index (κ2) is 24.5. The highest BCUT2D eigenvalue weighted by Gasteiger charge is 2.12. The lowest BCUT2D eigenvalue weighted by atomic mass is 10.0. The predicted octanol–water partition coefficient (Wildman–Crippen LogP) is 9.79. The van der Waals surface area contributed by atoms with Crippen molar-refractivity contribution in [1.29, 1.82) is 0 Å². The van der Waals surface area contributed by atoms with Crippen molar-refractivity contribution in [2.24, 2.45) is 0 Å². The van der Waals surface area contributed by atoms with Gasteiger partial charge in [-0.3, -0.25) is 9.68 Å². The summed E-state index contributed by atoms with van der Waals surface area (Å²) in [6.45, 7) is 11.3. The molecule has 0 aliphatic carbocycles. The number of hydrogen-bond acceptors (Lipinski definition) is 3. The summed E-state index contributed by atoms with van der Waals surface area (Å²) < 4.78 is 0. The number of hydrogen-bond donors (Lipinski definition) is 0. The molecule has 0 saturated heterocycles. The van der Waals surface area contributed by atoms with Crippen LogP contribution in [0.3, 0.4) is 0 Å². The fraction of sp³-hybridized carbons (Fsp3) is 1.00. The van der Waals surface area contributed by atoms with Gasteiger partial charge in [-0.05, 0) is 34.1 Å². The van der Waals surface area contributed by atoms with E-state index in [1.807, 2.05) is 13.8 Å². The minimum Gasteiger partial charge on any atom is -0.274 e. The number of rotatable bonds is 25. The molecule has 0 saturated carbocycles. The first-order valence-electron chi connectivity index (χ1n) is 14.2. The van der Waals surface area contributed by atoms with Gasteiger partial charge in [-0.1, -0.05) is 134 Å². The van der Waals surface area contributed by atoms with E-state index in [9.17, 15) is 0 Å². The van der Waals surface area contributed by atoms with Gasteiger partial charge in [-0.25, -0.2) is 0 Å². The van der Waals surface area contributed by atoms with Crippen LogP contribution in [-0.4, -0.2) is 24.0 Å². The Labute approximate surface area is 196 Å². The van der Waals surface area contributed by atoms with Gasteiger partial charge in [0.05, 0.1) is 18.8 Å². The quantitative estimate of drug-likeness (QED) is 0.104. The lowest BCUT2D eigenvalue weighted by molar-refractivity contribution is -0.396. The van der Waals surface area contributed by atoms with Crippen molar-refractivity contribution in [3.05, 3.63) is 0 Å². The molecule has 0 rings (SSSR count). The van der Waals surface area contributed by atoms with Gasteiger partial charge in [-0.2, -0.15) is 0 Å². The van der Waals surface area contributed by atoms with E-state index in [0.29, 0.717) is 0 Å². The summed E-state index contributed by atoms with van der Waals surface area (Å²) in [5.74, 6) is 0. The van der Waals surface area contributed by atoms with Crippen molar-refractivity contribution in [1.82, 2.24) is 5.23 Å². The Balaban J connectivity index is 3.18. The molecule has 0 aromatic heterocycles. The predicted molar refractivity (Wildman–Crippen MR) is 137 cm³/mol. The van der Waals surface area contributed by atoms with Crippen LogP contribution in [0, 0.1) is 0 Å². The topological polar surface area (TPSA) is 21.7 Å². The van der Waals surface area contributed by atoms with Crippen LogP contribution in [0.2, 0.25) is 0 Å². The fourth-order valence-corrected chi connectivity index (χ4v) is 4.02. The third-order valence-electron chi connectivity index (χ3n) is 5.95. The fourth-order valence-electron chi connectivity index (χ4n) is 4.02. The van der Waals surface area contributed by atoms with Crippen LogP contribution in [-0.2, 0) is 9.68 Å². The van der Waals surface area contributed by atoms with E-state index in [4.69, 9.17) is 9.68 Å². The van der Waals surface area contributed by atoms with Crippen molar-refractivity contribution >= 4 is 0 Å². The molecule has 3 heteroatoms. The average molecular weight is 442 g/mol. The van der Waals surface area contributed by atoms with Gasteiger partial charge in [-0.15, -0.1) is 0 Å². The SMILES string of the molecule is CCCCCCCCCCCCCCCCCCCCCCON(OC(C)C)C(C)C. The largest absolute Gasteiger partial charge is 0.274 e. The van der Waals surface area contributed by atoms with E-state index < -0.39 is 0 Å². The second-order valence-corrected chi connectivity index (χ2v) is 10.1. The van der Waals surface area contributed by atoms with E-state index in [-0.39, 0.29) is 12.1 Å². The molecular weight excluding hydrogens is 382 g/mol. The summed E-state index contributed by atoms with van der Waals surface area (Å²) in [5.41, 5.74) is 0. The van der Waals surface area contributed by atoms with Crippen LogP contribution < -0.4 is 0 Å². The molecule has 0 aromatic carbocycles. The van der Waals surface area contributed by atoms with Crippen molar-refractivity contribution in [2.75, 3.05) is 6.61 Å². The normalized spacial score (nSPS) is 12.0. The highest BCUT2D eigenvalue weighted by Crippen LogP contribution is 2.15. The van der Waals surface area contributed by atoms with E-state index in [2.05, 4.69) is 20.8 Å². The van der Waals surface area contributed by atoms with Crippen molar-refractivity contribution < 1.29 is 9.68 Å². The third-order valence-corrected chi connectivity index (χ3v) is 5.95. The molecule has 0 amide bonds. The van der Waals surface area contributed by atoms with Gasteiger partial charge in [0.25, 0.3) is 0 Å². The zero-order chi connectivity index (χ0) is 23.0. The molecular formula is C28H59NO2. The van der Waals surface area contributed by atoms with Crippen molar-refractivity contribution in [2.45, 2.75) is 175 Å². The van der Waals surface area contributed by atoms with Gasteiger partial charge >= 0.3 is 0 Å². The maximum atomic E-state index is 5.76. The van der Waals surface area contributed by atoms with Gasteiger partial charge < -0.3 is 0 Å². The minimum atomic E-state index is 0.164. The first-order chi connectivity index (χ1) is 15.1. The molecule has 0 N–H and O–H groups in total. The lowest BCUT2D eigenvalue weighted by Gasteiger charge is -2.26. The Morgan fingerprint density at radius 2 is 0.806 bits per heavy atom. The molecule has 0 heterocycles. The summed E-state index contributed by atoms with van der Waals surface area (Å²) in [7, 11) is 0. The first-order valence-corrected chi connectivity index (χ1v) is 14.2. The minimum absolute atomic E-state index is 0.164. The second-order valence-electron chi connectivity index (χ2n) is 10.1. The van der Waals surface area contributed by atoms with E-state index in [0.717, 1.165) is 13.0 Å². The maximum Gasteiger partial charge on any atom is 0.0763 e. The zero-order valence-electron chi connectivity index (χ0n) is 22.3. The average Bonchev–Trinajstić information content (AvgIpc) is 2.73. The smallest absolute Gasteiger partial charge is 0.0763 e. The van der Waals surface area contributed by atoms with Crippen LogP contribution >= 0.6 is 0 Å². The van der Waals surface area contributed by atoms with Crippen LogP contribution in [0.4, 0.5) is 0 Å². The Morgan fingerprint density at radius 3 is 1.10 bits per heavy atom. The Hall–Kier alpha value is -0.120. The standard InChI is InChI=1S/C28H59NO2/c1-6-7-8-9-10-11-12-13-14-15-16-17-18-19-20-21-22-23-24-25-26-30-29(27(2)3)31-28(4)5/h27-28H,6-26H2,1-5H3. The van der Waals surface area contributed by atoms with Crippen LogP contribution in [0.1, 0.15) is 163 Å². The summed E-state index contributed by atoms with van der Waals surface area (Å²) >= 11 is 0. The molecule has 0 aliphatic heterocycles.